The fourth-order valence-corrected chi connectivity index (χ4v) is 2.62. The molecular formula is C19H23ClN4O. The number of nitrogens with zero attached hydrogens (tertiary/aromatic N) is 3. The number of benzene rings is 2. The summed E-state index contributed by atoms with van der Waals surface area (Å²) in [5, 5.41) is 0.672. The van der Waals surface area contributed by atoms with Crippen LogP contribution in [-0.2, 0) is 10.5 Å². The van der Waals surface area contributed by atoms with E-state index in [4.69, 9.17) is 17.3 Å². The highest BCUT2D eigenvalue weighted by molar-refractivity contribution is 6.30. The molecule has 0 bridgehead atoms. The van der Waals surface area contributed by atoms with E-state index in [2.05, 4.69) is 4.99 Å². The molecule has 2 aromatic rings. The lowest BCUT2D eigenvalue weighted by Gasteiger charge is -2.34. The van der Waals surface area contributed by atoms with Crippen LogP contribution in [0.4, 0.5) is 0 Å². The van der Waals surface area contributed by atoms with Gasteiger partial charge < -0.3 is 15.5 Å². The van der Waals surface area contributed by atoms with Gasteiger partial charge in [-0.05, 0) is 36.2 Å². The van der Waals surface area contributed by atoms with Crippen LogP contribution in [-0.4, -0.2) is 43.3 Å². The summed E-state index contributed by atoms with van der Waals surface area (Å²) < 4.78 is 0. The predicted molar refractivity (Wildman–Crippen MR) is 103 cm³/mol. The third-order valence-corrected chi connectivity index (χ3v) is 4.44. The predicted octanol–water partition coefficient (Wildman–Crippen LogP) is 3.14. The molecule has 2 rings (SSSR count). The molecule has 0 saturated carbocycles. The van der Waals surface area contributed by atoms with E-state index < -0.39 is 5.66 Å². The van der Waals surface area contributed by atoms with Crippen molar-refractivity contribution in [1.29, 1.82) is 0 Å². The third kappa shape index (κ3) is 4.12. The molecule has 0 aliphatic heterocycles. The number of amides is 1. The number of carbonyl (C=O) groups is 1. The number of carbonyl (C=O) groups excluding carboxylic acids is 1. The van der Waals surface area contributed by atoms with Gasteiger partial charge in [-0.3, -0.25) is 4.79 Å². The van der Waals surface area contributed by atoms with Gasteiger partial charge in [-0.1, -0.05) is 41.9 Å². The molecular weight excluding hydrogens is 336 g/mol. The number of aliphatic imine (C=N–C) groups is 1. The Morgan fingerprint density at radius 1 is 1.12 bits per heavy atom. The van der Waals surface area contributed by atoms with Gasteiger partial charge in [0.25, 0.3) is 0 Å². The van der Waals surface area contributed by atoms with Crippen molar-refractivity contribution in [2.45, 2.75) is 12.6 Å². The fourth-order valence-electron chi connectivity index (χ4n) is 2.43. The second-order valence-corrected chi connectivity index (χ2v) is 6.63. The number of rotatable bonds is 5. The molecule has 0 heterocycles. The van der Waals surface area contributed by atoms with Crippen LogP contribution >= 0.6 is 11.6 Å². The topological polar surface area (TPSA) is 61.9 Å². The van der Waals surface area contributed by atoms with Crippen molar-refractivity contribution < 1.29 is 4.79 Å². The molecule has 2 N–H and O–H groups in total. The number of nitrogens with two attached hydrogens (primary N) is 1. The van der Waals surface area contributed by atoms with Crippen molar-refractivity contribution in [2.75, 3.05) is 21.1 Å². The second-order valence-electron chi connectivity index (χ2n) is 6.19. The Kier molecular flexibility index (Phi) is 5.69. The van der Waals surface area contributed by atoms with Gasteiger partial charge in [0.2, 0.25) is 6.41 Å². The van der Waals surface area contributed by atoms with Gasteiger partial charge >= 0.3 is 0 Å². The van der Waals surface area contributed by atoms with E-state index in [1.807, 2.05) is 69.6 Å². The summed E-state index contributed by atoms with van der Waals surface area (Å²) in [5.41, 5.74) is 7.93. The average Bonchev–Trinajstić information content (AvgIpc) is 2.60. The minimum absolute atomic E-state index is 0.337. The lowest BCUT2D eigenvalue weighted by Crippen LogP contribution is -2.43. The smallest absolute Gasteiger partial charge is 0.211 e. The van der Waals surface area contributed by atoms with Crippen LogP contribution in [0.2, 0.25) is 5.02 Å². The third-order valence-electron chi connectivity index (χ3n) is 4.20. The average molecular weight is 359 g/mol. The molecule has 0 aromatic heterocycles. The highest BCUT2D eigenvalue weighted by Gasteiger charge is 2.31. The first kappa shape index (κ1) is 18.8. The molecule has 0 spiro atoms. The van der Waals surface area contributed by atoms with E-state index >= 15 is 0 Å². The van der Waals surface area contributed by atoms with E-state index in [1.54, 1.807) is 11.9 Å². The molecule has 0 fully saturated rings. The highest BCUT2D eigenvalue weighted by Crippen LogP contribution is 2.32. The molecule has 0 aliphatic rings. The lowest BCUT2D eigenvalue weighted by molar-refractivity contribution is -0.121. The van der Waals surface area contributed by atoms with E-state index in [1.165, 1.54) is 4.90 Å². The number of halogens is 1. The number of hydrogen-bond acceptors (Lipinski definition) is 2. The van der Waals surface area contributed by atoms with Gasteiger partial charge in [-0.2, -0.15) is 0 Å². The van der Waals surface area contributed by atoms with Crippen molar-refractivity contribution in [1.82, 2.24) is 9.80 Å². The lowest BCUT2D eigenvalue weighted by atomic mass is 9.95. The molecule has 6 heteroatoms. The summed E-state index contributed by atoms with van der Waals surface area (Å²) in [6.07, 6.45) is 0.749. The minimum Gasteiger partial charge on any atom is -0.370 e. The van der Waals surface area contributed by atoms with Crippen LogP contribution in [0, 0.1) is 0 Å². The van der Waals surface area contributed by atoms with Gasteiger partial charge in [0.1, 0.15) is 0 Å². The maximum atomic E-state index is 11.5. The maximum Gasteiger partial charge on any atom is 0.211 e. The first-order valence-corrected chi connectivity index (χ1v) is 8.23. The summed E-state index contributed by atoms with van der Waals surface area (Å²) in [6.45, 7) is 1.86. The fraction of sp³-hybridized carbons (Fsp3) is 0.263. The molecule has 1 unspecified atom stereocenters. The van der Waals surface area contributed by atoms with Crippen molar-refractivity contribution in [3.63, 3.8) is 0 Å². The standard InChI is InChI=1S/C19H23ClN4O/c1-19(24(4)13-25,22-18(21)23(2)3)16-9-5-7-14(11-16)15-8-6-10-17(20)12-15/h5-13H,1-4H3,(H2,21,22). The van der Waals surface area contributed by atoms with Gasteiger partial charge in [-0.15, -0.1) is 0 Å². The zero-order valence-electron chi connectivity index (χ0n) is 14.9. The van der Waals surface area contributed by atoms with Crippen molar-refractivity contribution in [3.8, 4) is 11.1 Å². The van der Waals surface area contributed by atoms with Crippen molar-refractivity contribution in [2.24, 2.45) is 10.7 Å². The maximum absolute atomic E-state index is 11.5. The molecule has 5 nitrogen and oxygen atoms in total. The van der Waals surface area contributed by atoms with Crippen LogP contribution in [0.3, 0.4) is 0 Å². The van der Waals surface area contributed by atoms with Crippen LogP contribution in [0.25, 0.3) is 11.1 Å². The molecule has 0 saturated heterocycles. The van der Waals surface area contributed by atoms with Crippen LogP contribution in [0.1, 0.15) is 12.5 Å². The summed E-state index contributed by atoms with van der Waals surface area (Å²) in [5.74, 6) is 0.337. The highest BCUT2D eigenvalue weighted by atomic mass is 35.5. The van der Waals surface area contributed by atoms with E-state index in [-0.39, 0.29) is 0 Å². The number of hydrogen-bond donors (Lipinski definition) is 1. The Hall–Kier alpha value is -2.53. The van der Waals surface area contributed by atoms with E-state index in [0.717, 1.165) is 23.1 Å². The molecule has 2 aromatic carbocycles. The normalized spacial score (nSPS) is 13.9. The second kappa shape index (κ2) is 7.57. The molecule has 1 atom stereocenters. The van der Waals surface area contributed by atoms with Gasteiger partial charge in [0.05, 0.1) is 0 Å². The van der Waals surface area contributed by atoms with Crippen molar-refractivity contribution in [3.05, 3.63) is 59.1 Å². The zero-order valence-corrected chi connectivity index (χ0v) is 15.7. The Morgan fingerprint density at radius 3 is 2.28 bits per heavy atom. The zero-order chi connectivity index (χ0) is 18.6. The molecule has 132 valence electrons. The van der Waals surface area contributed by atoms with Crippen LogP contribution < -0.4 is 5.73 Å². The summed E-state index contributed by atoms with van der Waals surface area (Å²) >= 11 is 6.10. The van der Waals surface area contributed by atoms with Crippen LogP contribution in [0.5, 0.6) is 0 Å². The van der Waals surface area contributed by atoms with Crippen molar-refractivity contribution >= 4 is 24.0 Å². The Morgan fingerprint density at radius 2 is 1.72 bits per heavy atom. The summed E-state index contributed by atoms with van der Waals surface area (Å²) in [6, 6.07) is 15.5. The number of guanidine groups is 1. The van der Waals surface area contributed by atoms with E-state index in [9.17, 15) is 4.79 Å². The Balaban J connectivity index is 2.57. The monoisotopic (exact) mass is 358 g/mol. The van der Waals surface area contributed by atoms with Gasteiger partial charge in [0.15, 0.2) is 11.6 Å². The Labute approximate surface area is 153 Å². The summed E-state index contributed by atoms with van der Waals surface area (Å²) in [4.78, 5) is 19.3. The molecule has 1 amide bonds. The first-order valence-electron chi connectivity index (χ1n) is 7.85. The molecule has 25 heavy (non-hydrogen) atoms. The molecule has 0 aliphatic carbocycles. The quantitative estimate of drug-likeness (QED) is 0.507. The van der Waals surface area contributed by atoms with E-state index in [0.29, 0.717) is 11.0 Å². The van der Waals surface area contributed by atoms with Gasteiger partial charge in [0, 0.05) is 31.7 Å². The molecule has 0 radical (unpaired) electrons. The first-order chi connectivity index (χ1) is 11.8. The summed E-state index contributed by atoms with van der Waals surface area (Å²) in [7, 11) is 5.30. The van der Waals surface area contributed by atoms with Gasteiger partial charge in [-0.25, -0.2) is 4.99 Å². The largest absolute Gasteiger partial charge is 0.370 e. The van der Waals surface area contributed by atoms with Crippen LogP contribution in [0.15, 0.2) is 53.5 Å². The Bertz CT molecular complexity index is 790. The minimum atomic E-state index is -0.926. The SMILES string of the molecule is CN(C)C(N)=NC(C)(c1cccc(-c2cccc(Cl)c2)c1)N(C)C=O.